The molecular weight excluding hydrogens is 107 g/mol. The van der Waals surface area contributed by atoms with E-state index in [2.05, 4.69) is 0 Å². The second-order valence-corrected chi connectivity index (χ2v) is 1.67. The van der Waals surface area contributed by atoms with Crippen molar-refractivity contribution in [1.29, 1.82) is 0 Å². The molecule has 0 N–H and O–H groups in total. The van der Waals surface area contributed by atoms with Crippen molar-refractivity contribution in [2.24, 2.45) is 0 Å². The molecule has 1 atom stereocenters. The van der Waals surface area contributed by atoms with E-state index in [1.807, 2.05) is 0 Å². The van der Waals surface area contributed by atoms with E-state index >= 15 is 0 Å². The van der Waals surface area contributed by atoms with Gasteiger partial charge in [-0.2, -0.15) is 9.90 Å². The summed E-state index contributed by atoms with van der Waals surface area (Å²) < 4.78 is 5.07. The molecule has 1 saturated heterocycles. The van der Waals surface area contributed by atoms with Gasteiger partial charge in [0.2, 0.25) is 0 Å². The van der Waals surface area contributed by atoms with Crippen LogP contribution >= 0.6 is 9.90 Å². The molecule has 2 heteroatoms. The summed E-state index contributed by atoms with van der Waals surface area (Å²) >= 11 is 0. The quantitative estimate of drug-likeness (QED) is 0.437. The van der Waals surface area contributed by atoms with Crippen LogP contribution in [0.5, 0.6) is 0 Å². The highest BCUT2D eigenvalue weighted by atomic mass is 31.0. The molecule has 0 amide bonds. The van der Waals surface area contributed by atoms with E-state index in [0.717, 1.165) is 13.2 Å². The molecule has 0 aromatic carbocycles. The van der Waals surface area contributed by atoms with Gasteiger partial charge in [0.15, 0.2) is 0 Å². The second kappa shape index (κ2) is 4.55. The molecule has 0 aliphatic carbocycles. The molecule has 0 aromatic heterocycles. The number of rotatable bonds is 0. The molecule has 1 aliphatic heterocycles. The van der Waals surface area contributed by atoms with Gasteiger partial charge in [0.25, 0.3) is 0 Å². The summed E-state index contributed by atoms with van der Waals surface area (Å²) in [6.07, 6.45) is 3.93. The summed E-state index contributed by atoms with van der Waals surface area (Å²) in [5, 5.41) is 0. The molecule has 0 bridgehead atoms. The Hall–Kier alpha value is 0.390. The minimum Gasteiger partial charge on any atom is -0.381 e. The van der Waals surface area contributed by atoms with Crippen LogP contribution in [0.15, 0.2) is 0 Å². The molecule has 44 valence electrons. The van der Waals surface area contributed by atoms with Gasteiger partial charge in [0, 0.05) is 13.2 Å². The van der Waals surface area contributed by atoms with Crippen molar-refractivity contribution >= 4 is 9.90 Å². The Morgan fingerprint density at radius 1 is 0.857 bits per heavy atom. The number of ether oxygens (including phenoxy) is 1. The molecule has 0 spiro atoms. The third-order valence-electron chi connectivity index (χ3n) is 1.08. The van der Waals surface area contributed by atoms with Gasteiger partial charge in [0.05, 0.1) is 0 Å². The fourth-order valence-corrected chi connectivity index (χ4v) is 0.687. The standard InChI is InChI=1S/C5H10O.H3P/c1-2-4-6-5-3-1;/h1-5H2;1H3. The van der Waals surface area contributed by atoms with Crippen molar-refractivity contribution in [3.63, 3.8) is 0 Å². The average molecular weight is 120 g/mol. The van der Waals surface area contributed by atoms with Crippen LogP contribution in [0.25, 0.3) is 0 Å². The first-order valence-electron chi connectivity index (χ1n) is 2.58. The van der Waals surface area contributed by atoms with Crippen molar-refractivity contribution in [2.75, 3.05) is 13.2 Å². The fourth-order valence-electron chi connectivity index (χ4n) is 0.687. The monoisotopic (exact) mass is 120 g/mol. The molecule has 1 aliphatic rings. The van der Waals surface area contributed by atoms with Crippen LogP contribution in [-0.4, -0.2) is 13.2 Å². The van der Waals surface area contributed by atoms with E-state index in [9.17, 15) is 0 Å². The van der Waals surface area contributed by atoms with E-state index in [-0.39, 0.29) is 9.90 Å². The maximum absolute atomic E-state index is 5.07. The lowest BCUT2D eigenvalue weighted by Crippen LogP contribution is -2.03. The Morgan fingerprint density at radius 2 is 1.43 bits per heavy atom. The molecule has 0 saturated carbocycles. The third kappa shape index (κ3) is 3.02. The minimum atomic E-state index is 0. The van der Waals surface area contributed by atoms with Crippen LogP contribution in [0.4, 0.5) is 0 Å². The van der Waals surface area contributed by atoms with Crippen molar-refractivity contribution in [3.05, 3.63) is 0 Å². The van der Waals surface area contributed by atoms with E-state index in [0.29, 0.717) is 0 Å². The van der Waals surface area contributed by atoms with Gasteiger partial charge >= 0.3 is 0 Å². The van der Waals surface area contributed by atoms with Crippen LogP contribution < -0.4 is 0 Å². The van der Waals surface area contributed by atoms with Crippen LogP contribution in [0.3, 0.4) is 0 Å². The first-order valence-corrected chi connectivity index (χ1v) is 2.58. The van der Waals surface area contributed by atoms with Crippen molar-refractivity contribution < 1.29 is 4.74 Å². The van der Waals surface area contributed by atoms with Gasteiger partial charge in [-0.3, -0.25) is 0 Å². The van der Waals surface area contributed by atoms with E-state index in [4.69, 9.17) is 4.74 Å². The third-order valence-corrected chi connectivity index (χ3v) is 1.08. The predicted molar refractivity (Wildman–Crippen MR) is 35.8 cm³/mol. The van der Waals surface area contributed by atoms with Crippen LogP contribution in [0.1, 0.15) is 19.3 Å². The summed E-state index contributed by atoms with van der Waals surface area (Å²) in [5.41, 5.74) is 0. The molecule has 1 unspecified atom stereocenters. The summed E-state index contributed by atoms with van der Waals surface area (Å²) in [4.78, 5) is 0. The molecule has 0 radical (unpaired) electrons. The summed E-state index contributed by atoms with van der Waals surface area (Å²) in [6.45, 7) is 2.00. The summed E-state index contributed by atoms with van der Waals surface area (Å²) in [6, 6.07) is 0. The Labute approximate surface area is 48.1 Å². The lowest BCUT2D eigenvalue weighted by atomic mass is 10.2. The predicted octanol–water partition coefficient (Wildman–Crippen LogP) is 1.24. The first-order chi connectivity index (χ1) is 3.00. The minimum absolute atomic E-state index is 0. The van der Waals surface area contributed by atoms with E-state index in [1.54, 1.807) is 0 Å². The molecule has 1 fully saturated rings. The largest absolute Gasteiger partial charge is 0.381 e. The van der Waals surface area contributed by atoms with Crippen LogP contribution in [0.2, 0.25) is 0 Å². The van der Waals surface area contributed by atoms with Gasteiger partial charge < -0.3 is 4.74 Å². The van der Waals surface area contributed by atoms with Crippen LogP contribution in [-0.2, 0) is 4.74 Å². The highest BCUT2D eigenvalue weighted by Gasteiger charge is 1.94. The number of hydrogen-bond donors (Lipinski definition) is 0. The normalized spacial score (nSPS) is 20.6. The zero-order chi connectivity index (χ0) is 4.24. The lowest BCUT2D eigenvalue weighted by Gasteiger charge is -2.08. The molecule has 7 heavy (non-hydrogen) atoms. The molecular formula is C5H13OP. The van der Waals surface area contributed by atoms with Crippen molar-refractivity contribution in [3.8, 4) is 0 Å². The Bertz CT molecular complexity index is 23.6. The first kappa shape index (κ1) is 7.39. The average Bonchev–Trinajstić information content (AvgIpc) is 1.72. The number of hydrogen-bond acceptors (Lipinski definition) is 1. The highest BCUT2D eigenvalue weighted by molar-refractivity contribution is 6.92. The van der Waals surface area contributed by atoms with Gasteiger partial charge in [-0.15, -0.1) is 0 Å². The molecule has 0 aromatic rings. The smallest absolute Gasteiger partial charge is 0.0466 e. The topological polar surface area (TPSA) is 9.23 Å². The van der Waals surface area contributed by atoms with Gasteiger partial charge in [-0.1, -0.05) is 0 Å². The zero-order valence-electron chi connectivity index (χ0n) is 4.65. The van der Waals surface area contributed by atoms with Gasteiger partial charge in [-0.05, 0) is 19.3 Å². The SMILES string of the molecule is C1CCOCC1.P. The van der Waals surface area contributed by atoms with Crippen molar-refractivity contribution in [2.45, 2.75) is 19.3 Å². The van der Waals surface area contributed by atoms with E-state index < -0.39 is 0 Å². The van der Waals surface area contributed by atoms with E-state index in [1.165, 1.54) is 19.3 Å². The highest BCUT2D eigenvalue weighted by Crippen LogP contribution is 2.01. The van der Waals surface area contributed by atoms with Gasteiger partial charge in [0.1, 0.15) is 0 Å². The zero-order valence-corrected chi connectivity index (χ0v) is 6.07. The lowest BCUT2D eigenvalue weighted by molar-refractivity contribution is 0.0968. The van der Waals surface area contributed by atoms with Crippen LogP contribution in [0, 0.1) is 0 Å². The van der Waals surface area contributed by atoms with Gasteiger partial charge in [-0.25, -0.2) is 0 Å². The summed E-state index contributed by atoms with van der Waals surface area (Å²) in [7, 11) is 0. The molecule has 1 nitrogen and oxygen atoms in total. The second-order valence-electron chi connectivity index (χ2n) is 1.67. The molecule has 1 rings (SSSR count). The fraction of sp³-hybridized carbons (Fsp3) is 1.00. The summed E-state index contributed by atoms with van der Waals surface area (Å²) in [5.74, 6) is 0. The Morgan fingerprint density at radius 3 is 1.57 bits per heavy atom. The molecule has 1 heterocycles. The maximum Gasteiger partial charge on any atom is 0.0466 e. The van der Waals surface area contributed by atoms with Crippen molar-refractivity contribution in [1.82, 2.24) is 0 Å². The Kier molecular flexibility index (Phi) is 4.80. The maximum atomic E-state index is 5.07. The Balaban J connectivity index is 0.000000360.